The summed E-state index contributed by atoms with van der Waals surface area (Å²) in [6.45, 7) is 1.78. The van der Waals surface area contributed by atoms with Crippen molar-refractivity contribution >= 4 is 33.8 Å². The van der Waals surface area contributed by atoms with Crippen LogP contribution >= 0.6 is 0 Å². The molecular weight excluding hydrogens is 580 g/mol. The number of amides is 2. The quantitative estimate of drug-likeness (QED) is 0.193. The lowest BCUT2D eigenvalue weighted by Crippen LogP contribution is -2.36. The molecule has 1 aliphatic carbocycles. The van der Waals surface area contributed by atoms with Crippen LogP contribution in [0.1, 0.15) is 44.9 Å². The molecule has 1 fully saturated rings. The maximum Gasteiger partial charge on any atom is 0.255 e. The van der Waals surface area contributed by atoms with E-state index in [9.17, 15) is 14.0 Å². The number of nitrogens with one attached hydrogen (secondary N) is 3. The van der Waals surface area contributed by atoms with E-state index in [4.69, 9.17) is 9.15 Å². The normalized spacial score (nSPS) is 13.6. The van der Waals surface area contributed by atoms with Crippen LogP contribution in [0.3, 0.4) is 0 Å². The van der Waals surface area contributed by atoms with E-state index in [1.807, 2.05) is 0 Å². The molecule has 0 aliphatic heterocycles. The van der Waals surface area contributed by atoms with E-state index in [2.05, 4.69) is 25.6 Å². The number of imidazole rings is 1. The van der Waals surface area contributed by atoms with Crippen molar-refractivity contribution in [3.05, 3.63) is 101 Å². The summed E-state index contributed by atoms with van der Waals surface area (Å²) in [4.78, 5) is 38.9. The average Bonchev–Trinajstić information content (AvgIpc) is 3.50. The van der Waals surface area contributed by atoms with E-state index in [0.717, 1.165) is 11.0 Å². The molecule has 0 saturated heterocycles. The highest BCUT2D eigenvalue weighted by Crippen LogP contribution is 2.45. The van der Waals surface area contributed by atoms with Gasteiger partial charge in [0.2, 0.25) is 0 Å². The molecule has 3 N–H and O–H groups in total. The zero-order valence-electron chi connectivity index (χ0n) is 24.5. The number of hydrogen-bond donors (Lipinski definition) is 3. The van der Waals surface area contributed by atoms with Gasteiger partial charge < -0.3 is 24.8 Å². The lowest BCUT2D eigenvalue weighted by Gasteiger charge is -2.18. The number of H-pyrrole nitrogens is 1. The number of ether oxygens (including phenoxy) is 1. The Kier molecular flexibility index (Phi) is 6.61. The minimum atomic E-state index is -0.697. The molecular formula is C34H27F2N5O4. The van der Waals surface area contributed by atoms with Crippen molar-refractivity contribution in [2.45, 2.75) is 25.3 Å². The molecule has 3 heterocycles. The van der Waals surface area contributed by atoms with Crippen LogP contribution in [0.25, 0.3) is 44.5 Å². The van der Waals surface area contributed by atoms with Gasteiger partial charge in [-0.3, -0.25) is 14.6 Å². The van der Waals surface area contributed by atoms with Crippen LogP contribution in [0.2, 0.25) is 0 Å². The van der Waals surface area contributed by atoms with Crippen LogP contribution < -0.4 is 15.4 Å². The maximum absolute atomic E-state index is 16.6. The number of carbonyl (C=O) groups is 2. The van der Waals surface area contributed by atoms with Crippen molar-refractivity contribution < 1.29 is 27.5 Å². The van der Waals surface area contributed by atoms with E-state index in [1.54, 1.807) is 49.6 Å². The lowest BCUT2D eigenvalue weighted by molar-refractivity contribution is 0.0924. The van der Waals surface area contributed by atoms with E-state index in [0.29, 0.717) is 41.1 Å². The van der Waals surface area contributed by atoms with Crippen molar-refractivity contribution in [1.82, 2.24) is 25.6 Å². The molecule has 11 heteroatoms. The third-order valence-corrected chi connectivity index (χ3v) is 8.27. The first-order valence-electron chi connectivity index (χ1n) is 14.3. The highest BCUT2D eigenvalue weighted by atomic mass is 19.1. The molecule has 0 radical (unpaired) electrons. The first kappa shape index (κ1) is 28.2. The summed E-state index contributed by atoms with van der Waals surface area (Å²) in [7, 11) is 2.90. The van der Waals surface area contributed by atoms with Crippen molar-refractivity contribution in [3.63, 3.8) is 0 Å². The van der Waals surface area contributed by atoms with E-state index in [-0.39, 0.29) is 33.4 Å². The zero-order valence-corrected chi connectivity index (χ0v) is 24.5. The molecule has 45 heavy (non-hydrogen) atoms. The van der Waals surface area contributed by atoms with Gasteiger partial charge in [0.15, 0.2) is 0 Å². The predicted molar refractivity (Wildman–Crippen MR) is 164 cm³/mol. The highest BCUT2D eigenvalue weighted by Gasteiger charge is 2.49. The molecule has 1 aliphatic rings. The summed E-state index contributed by atoms with van der Waals surface area (Å²) in [6.07, 6.45) is 4.72. The fourth-order valence-electron chi connectivity index (χ4n) is 5.74. The SMILES string of the molecule is CNC(=O)c1c(-c2ccc(F)cc2)oc2ccc(-c3cc(C(=O)NC4(c5nc6ccncc6[nH]5)CC4)c(OC)cc3C)c(F)c12. The summed E-state index contributed by atoms with van der Waals surface area (Å²) in [5.41, 5.74) is 2.87. The number of aryl methyl sites for hydroxylation is 1. The number of halogens is 2. The van der Waals surface area contributed by atoms with Crippen molar-refractivity contribution in [2.75, 3.05) is 14.2 Å². The molecule has 7 rings (SSSR count). The molecule has 3 aromatic carbocycles. The number of aromatic nitrogens is 3. The molecule has 0 spiro atoms. The van der Waals surface area contributed by atoms with Crippen LogP contribution in [0.5, 0.6) is 5.75 Å². The second kappa shape index (κ2) is 10.5. The van der Waals surface area contributed by atoms with Gasteiger partial charge in [0.25, 0.3) is 11.8 Å². The van der Waals surface area contributed by atoms with Gasteiger partial charge in [-0.05, 0) is 85.5 Å². The maximum atomic E-state index is 16.6. The topological polar surface area (TPSA) is 122 Å². The Balaban J connectivity index is 1.31. The van der Waals surface area contributed by atoms with Crippen LogP contribution in [0.15, 0.2) is 71.4 Å². The molecule has 3 aromatic heterocycles. The zero-order chi connectivity index (χ0) is 31.5. The Labute approximate surface area is 255 Å². The Morgan fingerprint density at radius 1 is 1.02 bits per heavy atom. The molecule has 0 atom stereocenters. The molecule has 6 aromatic rings. The molecule has 2 amide bonds. The number of hydrogen-bond acceptors (Lipinski definition) is 6. The van der Waals surface area contributed by atoms with Gasteiger partial charge in [0.05, 0.1) is 46.4 Å². The van der Waals surface area contributed by atoms with Gasteiger partial charge in [-0.15, -0.1) is 0 Å². The minimum Gasteiger partial charge on any atom is -0.496 e. The summed E-state index contributed by atoms with van der Waals surface area (Å²) < 4.78 is 41.7. The van der Waals surface area contributed by atoms with Crippen molar-refractivity contribution in [3.8, 4) is 28.2 Å². The minimum absolute atomic E-state index is 0.0145. The van der Waals surface area contributed by atoms with Crippen molar-refractivity contribution in [1.29, 1.82) is 0 Å². The van der Waals surface area contributed by atoms with E-state index < -0.39 is 29.0 Å². The number of benzene rings is 3. The summed E-state index contributed by atoms with van der Waals surface area (Å²) in [6, 6.07) is 13.6. The fourth-order valence-corrected chi connectivity index (χ4v) is 5.74. The van der Waals surface area contributed by atoms with Gasteiger partial charge in [0.1, 0.15) is 34.6 Å². The molecule has 0 bridgehead atoms. The number of fused-ring (bicyclic) bond motifs is 2. The first-order chi connectivity index (χ1) is 21.7. The standard InChI is InChI=1S/C34H27F2N5O4/c1-17-14-26(44-3)22(31(42)41-34(11-12-34)33-39-23-10-13-38-16-24(23)40-33)15-21(17)20-8-9-25-27(29(20)36)28(32(43)37-2)30(45-25)18-4-6-19(35)7-5-18/h4-10,13-16H,11-12H2,1-3H3,(H,37,43)(H,39,40)(H,41,42). The largest absolute Gasteiger partial charge is 0.496 e. The summed E-state index contributed by atoms with van der Waals surface area (Å²) >= 11 is 0. The number of furan rings is 1. The Bertz CT molecular complexity index is 2120. The molecule has 9 nitrogen and oxygen atoms in total. The van der Waals surface area contributed by atoms with Gasteiger partial charge in [0, 0.05) is 24.4 Å². The molecule has 1 saturated carbocycles. The monoisotopic (exact) mass is 607 g/mol. The van der Waals surface area contributed by atoms with Gasteiger partial charge in [-0.25, -0.2) is 13.8 Å². The third-order valence-electron chi connectivity index (χ3n) is 8.27. The van der Waals surface area contributed by atoms with Crippen LogP contribution in [0.4, 0.5) is 8.78 Å². The lowest BCUT2D eigenvalue weighted by atomic mass is 9.94. The van der Waals surface area contributed by atoms with Gasteiger partial charge in [-0.2, -0.15) is 0 Å². The first-order valence-corrected chi connectivity index (χ1v) is 14.3. The summed E-state index contributed by atoms with van der Waals surface area (Å²) in [5.74, 6) is -1.04. The number of aromatic amines is 1. The number of pyridine rings is 1. The number of carbonyl (C=O) groups excluding carboxylic acids is 2. The average molecular weight is 608 g/mol. The Morgan fingerprint density at radius 3 is 2.49 bits per heavy atom. The van der Waals surface area contributed by atoms with E-state index >= 15 is 4.39 Å². The third kappa shape index (κ3) is 4.67. The van der Waals surface area contributed by atoms with Gasteiger partial charge in [-0.1, -0.05) is 0 Å². The Hall–Kier alpha value is -5.58. The fraction of sp³-hybridized carbons (Fsp3) is 0.176. The highest BCUT2D eigenvalue weighted by molar-refractivity contribution is 6.12. The van der Waals surface area contributed by atoms with Crippen molar-refractivity contribution in [2.24, 2.45) is 0 Å². The number of nitrogens with zero attached hydrogens (tertiary/aromatic N) is 2. The number of methoxy groups -OCH3 is 1. The van der Waals surface area contributed by atoms with Crippen LogP contribution in [0, 0.1) is 18.6 Å². The summed E-state index contributed by atoms with van der Waals surface area (Å²) in [5, 5.41) is 5.64. The number of rotatable bonds is 7. The van der Waals surface area contributed by atoms with Crippen LogP contribution in [-0.2, 0) is 5.54 Å². The van der Waals surface area contributed by atoms with Gasteiger partial charge >= 0.3 is 0 Å². The second-order valence-electron chi connectivity index (χ2n) is 11.1. The molecule has 226 valence electrons. The van der Waals surface area contributed by atoms with E-state index in [1.165, 1.54) is 38.4 Å². The molecule has 0 unspecified atom stereocenters. The second-order valence-corrected chi connectivity index (χ2v) is 11.1. The smallest absolute Gasteiger partial charge is 0.255 e. The van der Waals surface area contributed by atoms with Crippen LogP contribution in [-0.4, -0.2) is 40.9 Å². The Morgan fingerprint density at radius 2 is 1.80 bits per heavy atom. The predicted octanol–water partition coefficient (Wildman–Crippen LogP) is 6.41.